The first kappa shape index (κ1) is 16.4. The summed E-state index contributed by atoms with van der Waals surface area (Å²) < 4.78 is 0. The van der Waals surface area contributed by atoms with Crippen molar-refractivity contribution in [2.75, 3.05) is 19.6 Å². The highest BCUT2D eigenvalue weighted by atomic mass is 15.5. The third-order valence-electron chi connectivity index (χ3n) is 3.92. The minimum Gasteiger partial charge on any atom is -0.329 e. The number of hydrogen-bond donors (Lipinski definition) is 1. The first-order valence-corrected chi connectivity index (χ1v) is 8.28. The first-order chi connectivity index (χ1) is 11.8. The van der Waals surface area contributed by atoms with Gasteiger partial charge in [-0.2, -0.15) is 15.0 Å². The molecule has 124 valence electrons. The molecule has 0 amide bonds. The van der Waals surface area contributed by atoms with Gasteiger partial charge in [0.2, 0.25) is 0 Å². The fourth-order valence-electron chi connectivity index (χ4n) is 2.67. The van der Waals surface area contributed by atoms with Crippen LogP contribution >= 0.6 is 0 Å². The number of rotatable bonds is 8. The Balaban J connectivity index is 1.62. The normalized spacial score (nSPS) is 11.1. The standard InChI is InChI=1S/C19H23N5/c20-12-14-23(13-11-17-7-3-1-4-8-17)16-18-15-21-24(22-18)19-9-5-2-6-10-19/h1-10,15H,11-14,16,20H2. The Morgan fingerprint density at radius 2 is 1.62 bits per heavy atom. The third-order valence-corrected chi connectivity index (χ3v) is 3.92. The van der Waals surface area contributed by atoms with Crippen LogP contribution in [0.2, 0.25) is 0 Å². The average molecular weight is 321 g/mol. The molecule has 0 atom stereocenters. The van der Waals surface area contributed by atoms with Crippen LogP contribution in [-0.4, -0.2) is 39.5 Å². The summed E-state index contributed by atoms with van der Waals surface area (Å²) >= 11 is 0. The molecule has 0 spiro atoms. The van der Waals surface area contributed by atoms with Crippen LogP contribution < -0.4 is 5.73 Å². The van der Waals surface area contributed by atoms with Gasteiger partial charge in [0.1, 0.15) is 0 Å². The summed E-state index contributed by atoms with van der Waals surface area (Å²) in [5.74, 6) is 0. The van der Waals surface area contributed by atoms with Gasteiger partial charge in [-0.25, -0.2) is 0 Å². The molecule has 1 heterocycles. The summed E-state index contributed by atoms with van der Waals surface area (Å²) in [5.41, 5.74) is 9.04. The van der Waals surface area contributed by atoms with E-state index in [0.717, 1.165) is 37.4 Å². The van der Waals surface area contributed by atoms with E-state index in [2.05, 4.69) is 39.4 Å². The van der Waals surface area contributed by atoms with Gasteiger partial charge in [-0.05, 0) is 24.1 Å². The highest BCUT2D eigenvalue weighted by molar-refractivity contribution is 5.28. The second kappa shape index (κ2) is 8.38. The molecule has 0 saturated heterocycles. The van der Waals surface area contributed by atoms with Gasteiger partial charge < -0.3 is 5.73 Å². The monoisotopic (exact) mass is 321 g/mol. The zero-order valence-electron chi connectivity index (χ0n) is 13.8. The maximum atomic E-state index is 5.77. The van der Waals surface area contributed by atoms with E-state index in [-0.39, 0.29) is 0 Å². The maximum Gasteiger partial charge on any atom is 0.0971 e. The molecule has 0 aliphatic heterocycles. The third kappa shape index (κ3) is 4.50. The summed E-state index contributed by atoms with van der Waals surface area (Å²) in [6, 6.07) is 20.5. The van der Waals surface area contributed by atoms with E-state index in [1.165, 1.54) is 5.56 Å². The van der Waals surface area contributed by atoms with Crippen LogP contribution in [0, 0.1) is 0 Å². The number of para-hydroxylation sites is 1. The number of nitrogens with zero attached hydrogens (tertiary/aromatic N) is 4. The number of hydrogen-bond acceptors (Lipinski definition) is 4. The van der Waals surface area contributed by atoms with E-state index in [4.69, 9.17) is 5.73 Å². The van der Waals surface area contributed by atoms with Gasteiger partial charge in [0.05, 0.1) is 17.6 Å². The van der Waals surface area contributed by atoms with E-state index in [9.17, 15) is 0 Å². The fourth-order valence-corrected chi connectivity index (χ4v) is 2.67. The van der Waals surface area contributed by atoms with Gasteiger partial charge in [0.15, 0.2) is 0 Å². The van der Waals surface area contributed by atoms with Gasteiger partial charge in [0.25, 0.3) is 0 Å². The molecule has 0 aliphatic carbocycles. The van der Waals surface area contributed by atoms with Crippen molar-refractivity contribution >= 4 is 0 Å². The quantitative estimate of drug-likeness (QED) is 0.691. The average Bonchev–Trinajstić information content (AvgIpc) is 3.10. The number of nitrogens with two attached hydrogens (primary N) is 1. The molecule has 0 unspecified atom stereocenters. The van der Waals surface area contributed by atoms with Crippen molar-refractivity contribution in [3.8, 4) is 5.69 Å². The Morgan fingerprint density at radius 3 is 2.33 bits per heavy atom. The Hall–Kier alpha value is -2.50. The van der Waals surface area contributed by atoms with Crippen LogP contribution in [0.25, 0.3) is 5.69 Å². The van der Waals surface area contributed by atoms with Crippen molar-refractivity contribution in [3.05, 3.63) is 78.1 Å². The molecule has 2 aromatic carbocycles. The second-order valence-electron chi connectivity index (χ2n) is 5.76. The van der Waals surface area contributed by atoms with Crippen molar-refractivity contribution < 1.29 is 0 Å². The lowest BCUT2D eigenvalue weighted by atomic mass is 10.1. The van der Waals surface area contributed by atoms with Crippen LogP contribution in [0.5, 0.6) is 0 Å². The van der Waals surface area contributed by atoms with Gasteiger partial charge in [-0.15, -0.1) is 0 Å². The Morgan fingerprint density at radius 1 is 0.917 bits per heavy atom. The van der Waals surface area contributed by atoms with Crippen LogP contribution in [0.3, 0.4) is 0 Å². The molecule has 0 radical (unpaired) electrons. The van der Waals surface area contributed by atoms with E-state index in [1.54, 1.807) is 4.80 Å². The number of benzene rings is 2. The van der Waals surface area contributed by atoms with Crippen LogP contribution in [0.15, 0.2) is 66.9 Å². The molecule has 0 fully saturated rings. The molecule has 1 aromatic heterocycles. The van der Waals surface area contributed by atoms with Crippen molar-refractivity contribution in [3.63, 3.8) is 0 Å². The largest absolute Gasteiger partial charge is 0.329 e. The number of aromatic nitrogens is 3. The molecule has 5 heteroatoms. The molecular formula is C19H23N5. The van der Waals surface area contributed by atoms with E-state index < -0.39 is 0 Å². The molecule has 3 rings (SSSR count). The molecule has 0 bridgehead atoms. The Labute approximate surface area is 142 Å². The predicted molar refractivity (Wildman–Crippen MR) is 95.8 cm³/mol. The van der Waals surface area contributed by atoms with Crippen molar-refractivity contribution in [1.82, 2.24) is 19.9 Å². The summed E-state index contributed by atoms with van der Waals surface area (Å²) in [5, 5.41) is 8.95. The van der Waals surface area contributed by atoms with Gasteiger partial charge in [-0.3, -0.25) is 4.90 Å². The predicted octanol–water partition coefficient (Wildman–Crippen LogP) is 2.27. The van der Waals surface area contributed by atoms with E-state index in [0.29, 0.717) is 6.54 Å². The first-order valence-electron chi connectivity index (χ1n) is 8.28. The van der Waals surface area contributed by atoms with Crippen molar-refractivity contribution in [2.24, 2.45) is 5.73 Å². The topological polar surface area (TPSA) is 60.0 Å². The highest BCUT2D eigenvalue weighted by Gasteiger charge is 2.09. The molecule has 3 aromatic rings. The minimum atomic E-state index is 0.640. The van der Waals surface area contributed by atoms with Gasteiger partial charge in [0, 0.05) is 26.2 Å². The van der Waals surface area contributed by atoms with Crippen molar-refractivity contribution in [2.45, 2.75) is 13.0 Å². The molecule has 24 heavy (non-hydrogen) atoms. The van der Waals surface area contributed by atoms with Crippen LogP contribution in [0.1, 0.15) is 11.3 Å². The van der Waals surface area contributed by atoms with Gasteiger partial charge >= 0.3 is 0 Å². The summed E-state index contributed by atoms with van der Waals surface area (Å²) in [4.78, 5) is 4.00. The van der Waals surface area contributed by atoms with Crippen LogP contribution in [-0.2, 0) is 13.0 Å². The molecule has 2 N–H and O–H groups in total. The summed E-state index contributed by atoms with van der Waals surface area (Å²) in [6.07, 6.45) is 2.84. The van der Waals surface area contributed by atoms with E-state index >= 15 is 0 Å². The molecule has 0 saturated carbocycles. The Bertz CT molecular complexity index is 724. The SMILES string of the molecule is NCCN(CCc1ccccc1)Cc1cnn(-c2ccccc2)n1. The lowest BCUT2D eigenvalue weighted by Gasteiger charge is -2.20. The summed E-state index contributed by atoms with van der Waals surface area (Å²) in [7, 11) is 0. The smallest absolute Gasteiger partial charge is 0.0971 e. The summed E-state index contributed by atoms with van der Waals surface area (Å²) in [6.45, 7) is 3.21. The minimum absolute atomic E-state index is 0.640. The van der Waals surface area contributed by atoms with Crippen LogP contribution in [0.4, 0.5) is 0 Å². The maximum absolute atomic E-state index is 5.77. The second-order valence-corrected chi connectivity index (χ2v) is 5.76. The zero-order valence-corrected chi connectivity index (χ0v) is 13.8. The molecule has 5 nitrogen and oxygen atoms in total. The molecule has 0 aliphatic rings. The molecular weight excluding hydrogens is 298 g/mol. The lowest BCUT2D eigenvalue weighted by Crippen LogP contribution is -2.31. The van der Waals surface area contributed by atoms with Gasteiger partial charge in [-0.1, -0.05) is 48.5 Å². The Kier molecular flexibility index (Phi) is 5.71. The zero-order chi connectivity index (χ0) is 16.6. The highest BCUT2D eigenvalue weighted by Crippen LogP contribution is 2.07. The lowest BCUT2D eigenvalue weighted by molar-refractivity contribution is 0.272. The van der Waals surface area contributed by atoms with Crippen molar-refractivity contribution in [1.29, 1.82) is 0 Å². The fraction of sp³-hybridized carbons (Fsp3) is 0.263. The van der Waals surface area contributed by atoms with E-state index in [1.807, 2.05) is 42.6 Å².